The average molecular weight is 884 g/mol. The summed E-state index contributed by atoms with van der Waals surface area (Å²) >= 11 is 0. The zero-order valence-corrected chi connectivity index (χ0v) is 40.0. The van der Waals surface area contributed by atoms with Gasteiger partial charge < -0.3 is 18.6 Å². The molecule has 1 aliphatic rings. The van der Waals surface area contributed by atoms with Crippen molar-refractivity contribution in [1.82, 2.24) is 0 Å². The van der Waals surface area contributed by atoms with Crippen molar-refractivity contribution in [2.24, 2.45) is 0 Å². The van der Waals surface area contributed by atoms with Gasteiger partial charge in [0.1, 0.15) is 11.2 Å². The van der Waals surface area contributed by atoms with Crippen LogP contribution in [0.2, 0.25) is 0 Å². The number of terminal acetylenes is 1. The Hall–Kier alpha value is -7.94. The predicted octanol–water partition coefficient (Wildman–Crippen LogP) is 17.4. The Morgan fingerprint density at radius 2 is 1.04 bits per heavy atom. The molecule has 68 heavy (non-hydrogen) atoms. The number of nitrogens with zero attached hydrogens (tertiary/aromatic N) is 3. The number of rotatable bonds is 4. The van der Waals surface area contributed by atoms with Crippen LogP contribution in [0, 0.1) is 12.3 Å². The molecule has 0 unspecified atom stereocenters. The van der Waals surface area contributed by atoms with E-state index in [4.69, 9.17) is 15.3 Å². The van der Waals surface area contributed by atoms with E-state index in [1.54, 1.807) is 6.08 Å². The van der Waals surface area contributed by atoms with Crippen LogP contribution in [0.5, 0.6) is 0 Å². The highest BCUT2D eigenvalue weighted by molar-refractivity contribution is 6.30. The summed E-state index contributed by atoms with van der Waals surface area (Å²) in [6, 6.07) is 53.6. The largest absolute Gasteiger partial charge is 0.454 e. The molecule has 12 rings (SSSR count). The van der Waals surface area contributed by atoms with Gasteiger partial charge in [-0.25, -0.2) is 0 Å². The number of furan rings is 2. The van der Waals surface area contributed by atoms with E-state index in [9.17, 15) is 0 Å². The summed E-state index contributed by atoms with van der Waals surface area (Å²) in [6.07, 6.45) is 10.5. The van der Waals surface area contributed by atoms with Crippen molar-refractivity contribution in [2.45, 2.75) is 58.8 Å². The maximum atomic E-state index is 7.43. The van der Waals surface area contributed by atoms with Crippen molar-refractivity contribution in [3.05, 3.63) is 179 Å². The molecule has 5 nitrogen and oxygen atoms in total. The van der Waals surface area contributed by atoms with Crippen molar-refractivity contribution in [3.8, 4) is 12.3 Å². The van der Waals surface area contributed by atoms with E-state index in [0.29, 0.717) is 12.3 Å². The molecule has 2 bridgehead atoms. The molecule has 0 aliphatic carbocycles. The number of allylic oxidation sites excluding steroid dienone is 1. The Morgan fingerprint density at radius 1 is 0.515 bits per heavy atom. The number of benzene rings is 9. The summed E-state index contributed by atoms with van der Waals surface area (Å²) in [5, 5.41) is 10.2. The third-order valence-electron chi connectivity index (χ3n) is 14.1. The Labute approximate surface area is 397 Å². The van der Waals surface area contributed by atoms with Crippen molar-refractivity contribution in [1.29, 1.82) is 0 Å². The molecule has 11 aromatic rings. The number of hydrogen-bond acceptors (Lipinski definition) is 5. The lowest BCUT2D eigenvalue weighted by Gasteiger charge is -2.34. The Bertz CT molecular complexity index is 3900. The molecule has 0 spiro atoms. The standard InChI is InChI=1S/C63H53N3O2/c1-10-11-21-46-45-23-17-26-50(63(5,6)7)59(45)68-61(46)66-52-28-15-13-20-39(52)34-38-19-12-14-27-51(38)65(53-29-18-24-44-43-22-16-25-49(62(2,3)4)58(43)67-60(44)53)54-37-55(66)48-33-31-41-36-42(64(8)9)35-40-30-32-47(54)57(48)56(40)41/h1,11-33,35-37H,34H2,2-9H3/b21-11-. The summed E-state index contributed by atoms with van der Waals surface area (Å²) < 4.78 is 14.7. The molecule has 332 valence electrons. The maximum Gasteiger partial charge on any atom is 0.213 e. The van der Waals surface area contributed by atoms with Crippen LogP contribution in [0.1, 0.15) is 69.4 Å². The van der Waals surface area contributed by atoms with Crippen LogP contribution in [0.4, 0.5) is 40.0 Å². The van der Waals surface area contributed by atoms with Gasteiger partial charge in [-0.1, -0.05) is 157 Å². The number of para-hydroxylation sites is 5. The topological polar surface area (TPSA) is 36.0 Å². The van der Waals surface area contributed by atoms with Gasteiger partial charge in [0.15, 0.2) is 5.58 Å². The lowest BCUT2D eigenvalue weighted by molar-refractivity contribution is 0.561. The Morgan fingerprint density at radius 3 is 1.65 bits per heavy atom. The molecule has 0 saturated carbocycles. The second-order valence-corrected chi connectivity index (χ2v) is 20.7. The highest BCUT2D eigenvalue weighted by atomic mass is 16.4. The zero-order chi connectivity index (χ0) is 46.8. The normalized spacial score (nSPS) is 13.4. The van der Waals surface area contributed by atoms with E-state index in [1.165, 1.54) is 32.7 Å². The first-order chi connectivity index (χ1) is 32.8. The first-order valence-electron chi connectivity index (χ1n) is 23.6. The lowest BCUT2D eigenvalue weighted by atomic mass is 9.86. The molecule has 0 radical (unpaired) electrons. The Balaban J connectivity index is 1.28. The highest BCUT2D eigenvalue weighted by Gasteiger charge is 2.33. The molecule has 1 aliphatic heterocycles. The Kier molecular flexibility index (Phi) is 9.18. The van der Waals surface area contributed by atoms with E-state index < -0.39 is 0 Å². The van der Waals surface area contributed by atoms with E-state index in [1.807, 2.05) is 6.08 Å². The third-order valence-corrected chi connectivity index (χ3v) is 14.1. The first-order valence-corrected chi connectivity index (χ1v) is 23.6. The van der Waals surface area contributed by atoms with Crippen LogP contribution >= 0.6 is 0 Å². The van der Waals surface area contributed by atoms with E-state index in [-0.39, 0.29) is 10.8 Å². The van der Waals surface area contributed by atoms with E-state index in [2.05, 4.69) is 222 Å². The van der Waals surface area contributed by atoms with Gasteiger partial charge in [0.2, 0.25) is 5.88 Å². The molecule has 2 aromatic heterocycles. The number of fused-ring (bicyclic) bond motifs is 10. The molecule has 0 N–H and O–H groups in total. The third kappa shape index (κ3) is 6.24. The molecule has 0 amide bonds. The van der Waals surface area contributed by atoms with Gasteiger partial charge in [0.05, 0.1) is 22.7 Å². The fourth-order valence-corrected chi connectivity index (χ4v) is 10.9. The van der Waals surface area contributed by atoms with Gasteiger partial charge in [0, 0.05) is 80.9 Å². The number of hydrogen-bond donors (Lipinski definition) is 0. The summed E-state index contributed by atoms with van der Waals surface area (Å²) in [4.78, 5) is 7.04. The maximum absolute atomic E-state index is 7.43. The van der Waals surface area contributed by atoms with Gasteiger partial charge in [-0.05, 0) is 86.7 Å². The van der Waals surface area contributed by atoms with Crippen molar-refractivity contribution >= 4 is 111 Å². The second kappa shape index (κ2) is 15.0. The van der Waals surface area contributed by atoms with Crippen LogP contribution in [-0.2, 0) is 17.3 Å². The average Bonchev–Trinajstić information content (AvgIpc) is 3.89. The van der Waals surface area contributed by atoms with Crippen molar-refractivity contribution in [3.63, 3.8) is 0 Å². The second-order valence-electron chi connectivity index (χ2n) is 20.7. The highest BCUT2D eigenvalue weighted by Crippen LogP contribution is 2.55. The molecule has 0 fully saturated rings. The monoisotopic (exact) mass is 883 g/mol. The molecule has 3 heterocycles. The van der Waals surface area contributed by atoms with Crippen molar-refractivity contribution < 1.29 is 8.83 Å². The smallest absolute Gasteiger partial charge is 0.213 e. The van der Waals surface area contributed by atoms with E-state index >= 15 is 0 Å². The quantitative estimate of drug-likeness (QED) is 0.130. The fraction of sp³-hybridized carbons (Fsp3) is 0.175. The van der Waals surface area contributed by atoms with E-state index in [0.717, 1.165) is 94.5 Å². The minimum atomic E-state index is -0.188. The molecular formula is C63H53N3O2. The number of anilines is 7. The molecule has 5 heteroatoms. The van der Waals surface area contributed by atoms with Gasteiger partial charge in [-0.15, -0.1) is 6.42 Å². The minimum Gasteiger partial charge on any atom is -0.454 e. The molecular weight excluding hydrogens is 831 g/mol. The molecule has 0 saturated heterocycles. The molecule has 0 atom stereocenters. The summed E-state index contributed by atoms with van der Waals surface area (Å²) in [5.74, 6) is 3.51. The van der Waals surface area contributed by atoms with Gasteiger partial charge in [0.25, 0.3) is 0 Å². The lowest BCUT2D eigenvalue weighted by Crippen LogP contribution is -2.18. The predicted molar refractivity (Wildman–Crippen MR) is 289 cm³/mol. The SMILES string of the molecule is C#C/C=C\c1c(N2c3ccccc3Cc3ccccc3N(c3cccc4c3oc3c(C(C)(C)C)cccc34)c3cc2c2ccc4cc(N(C)C)cc5ccc3c2c45)oc2c(C(C)(C)C)cccc12. The fourth-order valence-electron chi connectivity index (χ4n) is 10.9. The summed E-state index contributed by atoms with van der Waals surface area (Å²) in [7, 11) is 4.22. The minimum absolute atomic E-state index is 0.125. The van der Waals surface area contributed by atoms with Crippen LogP contribution < -0.4 is 14.7 Å². The first kappa shape index (κ1) is 41.5. The molecule has 9 aromatic carbocycles. The summed E-state index contributed by atoms with van der Waals surface area (Å²) in [6.45, 7) is 13.5. The van der Waals surface area contributed by atoms with Gasteiger partial charge in [-0.2, -0.15) is 0 Å². The zero-order valence-electron chi connectivity index (χ0n) is 40.0. The summed E-state index contributed by atoms with van der Waals surface area (Å²) in [5.41, 5.74) is 14.2. The van der Waals surface area contributed by atoms with Crippen molar-refractivity contribution in [2.75, 3.05) is 28.8 Å². The van der Waals surface area contributed by atoms with Gasteiger partial charge in [-0.3, -0.25) is 4.90 Å². The van der Waals surface area contributed by atoms with Gasteiger partial charge >= 0.3 is 0 Å². The van der Waals surface area contributed by atoms with Crippen LogP contribution in [-0.4, -0.2) is 14.1 Å². The van der Waals surface area contributed by atoms with Crippen LogP contribution in [0.3, 0.4) is 0 Å². The van der Waals surface area contributed by atoms with Crippen LogP contribution in [0.15, 0.2) is 161 Å². The van der Waals surface area contributed by atoms with Crippen LogP contribution in [0.25, 0.3) is 71.3 Å².